The summed E-state index contributed by atoms with van der Waals surface area (Å²) in [5.41, 5.74) is 7.05. The highest BCUT2D eigenvalue weighted by molar-refractivity contribution is 6.36. The van der Waals surface area contributed by atoms with Crippen LogP contribution >= 0.6 is 23.2 Å². The van der Waals surface area contributed by atoms with Crippen LogP contribution in [0.3, 0.4) is 0 Å². The quantitative estimate of drug-likeness (QED) is 0.843. The van der Waals surface area contributed by atoms with Crippen molar-refractivity contribution in [1.82, 2.24) is 0 Å². The first kappa shape index (κ1) is 14.2. The molecule has 0 spiro atoms. The first-order chi connectivity index (χ1) is 8.63. The molecule has 3 heteroatoms. The average molecular weight is 286 g/mol. The average Bonchev–Trinajstić information content (AvgIpc) is 2.35. The highest BCUT2D eigenvalue weighted by Gasteiger charge is 2.28. The second-order valence-corrected chi connectivity index (χ2v) is 6.31. The van der Waals surface area contributed by atoms with Gasteiger partial charge in [-0.1, -0.05) is 49.0 Å². The van der Waals surface area contributed by atoms with E-state index in [9.17, 15) is 0 Å². The Morgan fingerprint density at radius 3 is 2.22 bits per heavy atom. The van der Waals surface area contributed by atoms with Crippen LogP contribution in [0.4, 0.5) is 0 Å². The molecule has 1 nitrogen and oxygen atoms in total. The molecular formula is C15H21Cl2N. The van der Waals surface area contributed by atoms with E-state index in [0.29, 0.717) is 18.4 Å². The summed E-state index contributed by atoms with van der Waals surface area (Å²) >= 11 is 12.6. The van der Waals surface area contributed by atoms with Crippen molar-refractivity contribution < 1.29 is 0 Å². The van der Waals surface area contributed by atoms with Gasteiger partial charge in [0.25, 0.3) is 0 Å². The minimum atomic E-state index is 0.304. The van der Waals surface area contributed by atoms with E-state index in [-0.39, 0.29) is 0 Å². The van der Waals surface area contributed by atoms with Gasteiger partial charge in [-0.05, 0) is 48.9 Å². The van der Waals surface area contributed by atoms with Gasteiger partial charge in [0.05, 0.1) is 0 Å². The van der Waals surface area contributed by atoms with Crippen molar-refractivity contribution in [2.24, 2.45) is 17.6 Å². The Morgan fingerprint density at radius 1 is 1.17 bits per heavy atom. The lowest BCUT2D eigenvalue weighted by molar-refractivity contribution is 0.256. The molecule has 100 valence electrons. The van der Waals surface area contributed by atoms with Crippen LogP contribution in [0.5, 0.6) is 0 Å². The Morgan fingerprint density at radius 2 is 1.72 bits per heavy atom. The predicted molar refractivity (Wildman–Crippen MR) is 79.4 cm³/mol. The topological polar surface area (TPSA) is 26.0 Å². The van der Waals surface area contributed by atoms with E-state index in [2.05, 4.69) is 6.92 Å². The Bertz CT molecular complexity index is 377. The third-order valence-electron chi connectivity index (χ3n) is 4.25. The Hall–Kier alpha value is -0.240. The molecule has 1 unspecified atom stereocenters. The molecule has 0 saturated heterocycles. The fourth-order valence-corrected chi connectivity index (χ4v) is 3.78. The van der Waals surface area contributed by atoms with Crippen molar-refractivity contribution >= 4 is 23.2 Å². The van der Waals surface area contributed by atoms with E-state index in [0.717, 1.165) is 21.5 Å². The molecule has 1 fully saturated rings. The number of nitrogens with two attached hydrogens (primary N) is 1. The van der Waals surface area contributed by atoms with Gasteiger partial charge in [0.1, 0.15) is 0 Å². The summed E-state index contributed by atoms with van der Waals surface area (Å²) in [5, 5.41) is 1.52. The number of benzene rings is 1. The summed E-state index contributed by atoms with van der Waals surface area (Å²) in [6, 6.07) is 5.72. The smallest absolute Gasteiger partial charge is 0.0456 e. The van der Waals surface area contributed by atoms with Gasteiger partial charge in [0.2, 0.25) is 0 Å². The third kappa shape index (κ3) is 3.01. The predicted octanol–water partition coefficient (Wildman–Crippen LogP) is 4.86. The monoisotopic (exact) mass is 285 g/mol. The van der Waals surface area contributed by atoms with Gasteiger partial charge in [0.15, 0.2) is 0 Å². The molecule has 1 aliphatic rings. The Balaban J connectivity index is 2.23. The van der Waals surface area contributed by atoms with E-state index < -0.39 is 0 Å². The van der Waals surface area contributed by atoms with E-state index in [1.807, 2.05) is 18.2 Å². The molecule has 1 aliphatic carbocycles. The zero-order valence-corrected chi connectivity index (χ0v) is 12.3. The fraction of sp³-hybridized carbons (Fsp3) is 0.600. The molecule has 1 atom stereocenters. The van der Waals surface area contributed by atoms with Gasteiger partial charge in [-0.2, -0.15) is 0 Å². The molecule has 1 aromatic carbocycles. The first-order valence-electron chi connectivity index (χ1n) is 6.77. The lowest BCUT2D eigenvalue weighted by atomic mass is 9.74. The number of hydrogen-bond acceptors (Lipinski definition) is 1. The van der Waals surface area contributed by atoms with Crippen LogP contribution in [-0.4, -0.2) is 6.54 Å². The van der Waals surface area contributed by atoms with Crippen molar-refractivity contribution in [3.63, 3.8) is 0 Å². The van der Waals surface area contributed by atoms with Gasteiger partial charge < -0.3 is 5.73 Å². The summed E-state index contributed by atoms with van der Waals surface area (Å²) < 4.78 is 0. The van der Waals surface area contributed by atoms with Crippen LogP contribution in [0, 0.1) is 11.8 Å². The van der Waals surface area contributed by atoms with Crippen molar-refractivity contribution in [2.45, 2.75) is 38.5 Å². The standard InChI is InChI=1S/C15H21Cl2N/c1-10-5-7-11(8-6-10)12(9-18)15-13(16)3-2-4-14(15)17/h2-4,10-12H,5-9,18H2,1H3. The summed E-state index contributed by atoms with van der Waals surface area (Å²) in [7, 11) is 0. The van der Waals surface area contributed by atoms with Crippen LogP contribution < -0.4 is 5.73 Å². The highest BCUT2D eigenvalue weighted by atomic mass is 35.5. The molecule has 2 rings (SSSR count). The molecule has 18 heavy (non-hydrogen) atoms. The van der Waals surface area contributed by atoms with Crippen LogP contribution in [-0.2, 0) is 0 Å². The van der Waals surface area contributed by atoms with Crippen molar-refractivity contribution in [3.05, 3.63) is 33.8 Å². The lowest BCUT2D eigenvalue weighted by Gasteiger charge is -2.33. The molecule has 0 aliphatic heterocycles. The van der Waals surface area contributed by atoms with E-state index in [1.165, 1.54) is 25.7 Å². The molecule has 0 aromatic heterocycles. The van der Waals surface area contributed by atoms with Gasteiger partial charge >= 0.3 is 0 Å². The summed E-state index contributed by atoms with van der Waals surface area (Å²) in [6.07, 6.45) is 5.07. The van der Waals surface area contributed by atoms with Gasteiger partial charge in [-0.3, -0.25) is 0 Å². The van der Waals surface area contributed by atoms with Crippen molar-refractivity contribution in [3.8, 4) is 0 Å². The van der Waals surface area contributed by atoms with E-state index in [1.54, 1.807) is 0 Å². The van der Waals surface area contributed by atoms with Crippen molar-refractivity contribution in [2.75, 3.05) is 6.54 Å². The second kappa shape index (κ2) is 6.27. The summed E-state index contributed by atoms with van der Waals surface area (Å²) in [6.45, 7) is 2.96. The summed E-state index contributed by atoms with van der Waals surface area (Å²) in [5.74, 6) is 1.78. The van der Waals surface area contributed by atoms with Crippen LogP contribution in [0.15, 0.2) is 18.2 Å². The molecule has 0 bridgehead atoms. The molecule has 1 saturated carbocycles. The minimum absolute atomic E-state index is 0.304. The molecule has 1 aromatic rings. The maximum absolute atomic E-state index is 6.31. The van der Waals surface area contributed by atoms with Gasteiger partial charge in [-0.15, -0.1) is 0 Å². The second-order valence-electron chi connectivity index (χ2n) is 5.50. The van der Waals surface area contributed by atoms with Crippen molar-refractivity contribution in [1.29, 1.82) is 0 Å². The van der Waals surface area contributed by atoms with Gasteiger partial charge in [-0.25, -0.2) is 0 Å². The number of hydrogen-bond donors (Lipinski definition) is 1. The maximum Gasteiger partial charge on any atom is 0.0456 e. The summed E-state index contributed by atoms with van der Waals surface area (Å²) in [4.78, 5) is 0. The molecule has 2 N–H and O–H groups in total. The number of rotatable bonds is 3. The molecule has 0 heterocycles. The van der Waals surface area contributed by atoms with Gasteiger partial charge in [0, 0.05) is 16.0 Å². The largest absolute Gasteiger partial charge is 0.330 e. The van der Waals surface area contributed by atoms with Crippen LogP contribution in [0.25, 0.3) is 0 Å². The zero-order valence-electron chi connectivity index (χ0n) is 10.8. The first-order valence-corrected chi connectivity index (χ1v) is 7.53. The van der Waals surface area contributed by atoms with E-state index >= 15 is 0 Å². The normalized spacial score (nSPS) is 26.0. The SMILES string of the molecule is CC1CCC(C(CN)c2c(Cl)cccc2Cl)CC1. The van der Waals surface area contributed by atoms with Crippen LogP contribution in [0.1, 0.15) is 44.1 Å². The fourth-order valence-electron chi connectivity index (χ4n) is 3.10. The maximum atomic E-state index is 6.31. The Labute approximate surface area is 120 Å². The molecule has 0 radical (unpaired) electrons. The zero-order chi connectivity index (χ0) is 13.1. The van der Waals surface area contributed by atoms with E-state index in [4.69, 9.17) is 28.9 Å². The third-order valence-corrected chi connectivity index (χ3v) is 4.91. The minimum Gasteiger partial charge on any atom is -0.330 e. The Kier molecular flexibility index (Phi) is 4.94. The molecule has 0 amide bonds. The number of halogens is 2. The molecular weight excluding hydrogens is 265 g/mol. The lowest BCUT2D eigenvalue weighted by Crippen LogP contribution is -2.25. The van der Waals surface area contributed by atoms with Crippen LogP contribution in [0.2, 0.25) is 10.0 Å². The highest BCUT2D eigenvalue weighted by Crippen LogP contribution is 2.42.